The third-order valence-electron chi connectivity index (χ3n) is 2.78. The number of hydrogen-bond acceptors (Lipinski definition) is 3. The number of aryl methyl sites for hydroxylation is 1. The third-order valence-corrected chi connectivity index (χ3v) is 4.53. The molecule has 0 fully saturated rings. The first-order valence-corrected chi connectivity index (χ1v) is 7.47. The third kappa shape index (κ3) is 3.14. The lowest BCUT2D eigenvalue weighted by Crippen LogP contribution is -2.08. The van der Waals surface area contributed by atoms with Gasteiger partial charge in [-0.2, -0.15) is 0 Å². The van der Waals surface area contributed by atoms with E-state index < -0.39 is 27.2 Å². The van der Waals surface area contributed by atoms with Crippen molar-refractivity contribution in [1.82, 2.24) is 0 Å². The quantitative estimate of drug-likeness (QED) is 0.886. The van der Waals surface area contributed by atoms with Gasteiger partial charge in [0.05, 0.1) is 16.3 Å². The summed E-state index contributed by atoms with van der Waals surface area (Å²) in [4.78, 5) is -0.0345. The van der Waals surface area contributed by atoms with Gasteiger partial charge in [-0.25, -0.2) is 17.2 Å². The van der Waals surface area contributed by atoms with Gasteiger partial charge in [0.2, 0.25) is 0 Å². The molecule has 0 aromatic heterocycles. The first-order valence-electron chi connectivity index (χ1n) is 5.82. The Morgan fingerprint density at radius 1 is 1.05 bits per heavy atom. The first-order chi connectivity index (χ1) is 9.28. The summed E-state index contributed by atoms with van der Waals surface area (Å²) in [6.45, 7) is 1.79. The molecule has 0 radical (unpaired) electrons. The highest BCUT2D eigenvalue weighted by molar-refractivity contribution is 7.90. The number of halogens is 2. The molecule has 3 nitrogen and oxygen atoms in total. The minimum absolute atomic E-state index is 0.0345. The molecule has 2 aromatic rings. The van der Waals surface area contributed by atoms with Crippen molar-refractivity contribution in [3.63, 3.8) is 0 Å². The summed E-state index contributed by atoms with van der Waals surface area (Å²) in [5, 5.41) is 0. The van der Waals surface area contributed by atoms with Gasteiger partial charge in [-0.05, 0) is 42.3 Å². The van der Waals surface area contributed by atoms with Crippen LogP contribution in [0.5, 0.6) is 0 Å². The second-order valence-electron chi connectivity index (χ2n) is 4.58. The van der Waals surface area contributed by atoms with E-state index in [9.17, 15) is 17.2 Å². The van der Waals surface area contributed by atoms with E-state index in [1.54, 1.807) is 19.1 Å². The van der Waals surface area contributed by atoms with Crippen LogP contribution in [0.2, 0.25) is 0 Å². The van der Waals surface area contributed by atoms with Crippen LogP contribution in [0, 0.1) is 18.6 Å². The van der Waals surface area contributed by atoms with E-state index in [1.807, 2.05) is 0 Å². The Morgan fingerprint density at radius 3 is 2.20 bits per heavy atom. The molecular formula is C14H13F2NO2S. The lowest BCUT2D eigenvalue weighted by Gasteiger charge is -2.08. The molecule has 0 saturated heterocycles. The van der Waals surface area contributed by atoms with E-state index in [0.29, 0.717) is 6.07 Å². The average Bonchev–Trinajstić information content (AvgIpc) is 2.25. The maximum Gasteiger partial charge on any atom is 0.184 e. The van der Waals surface area contributed by atoms with Gasteiger partial charge in [0, 0.05) is 6.07 Å². The van der Waals surface area contributed by atoms with Crippen LogP contribution in [-0.2, 0) is 15.6 Å². The number of rotatable bonds is 3. The number of anilines is 1. The van der Waals surface area contributed by atoms with Crippen molar-refractivity contribution in [2.75, 3.05) is 5.73 Å². The second-order valence-corrected chi connectivity index (χ2v) is 6.54. The zero-order valence-electron chi connectivity index (χ0n) is 10.7. The molecule has 106 valence electrons. The Labute approximate surface area is 116 Å². The zero-order valence-corrected chi connectivity index (χ0v) is 11.5. The summed E-state index contributed by atoms with van der Waals surface area (Å²) in [7, 11) is -3.75. The SMILES string of the molecule is Cc1ccc(S(=O)(=O)Cc2cc(F)cc(F)c2)c(N)c1. The molecule has 0 aliphatic heterocycles. The number of benzene rings is 2. The fourth-order valence-corrected chi connectivity index (χ4v) is 3.40. The molecule has 2 N–H and O–H groups in total. The van der Waals surface area contributed by atoms with Crippen molar-refractivity contribution in [1.29, 1.82) is 0 Å². The fraction of sp³-hybridized carbons (Fsp3) is 0.143. The largest absolute Gasteiger partial charge is 0.398 e. The van der Waals surface area contributed by atoms with Crippen molar-refractivity contribution in [3.05, 3.63) is 59.2 Å². The van der Waals surface area contributed by atoms with Crippen molar-refractivity contribution < 1.29 is 17.2 Å². The topological polar surface area (TPSA) is 60.2 Å². The molecule has 0 saturated carbocycles. The molecular weight excluding hydrogens is 284 g/mol. The van der Waals surface area contributed by atoms with Gasteiger partial charge in [0.15, 0.2) is 9.84 Å². The minimum Gasteiger partial charge on any atom is -0.398 e. The molecule has 2 aromatic carbocycles. The van der Waals surface area contributed by atoms with Crippen LogP contribution in [0.1, 0.15) is 11.1 Å². The zero-order chi connectivity index (χ0) is 14.9. The molecule has 6 heteroatoms. The average molecular weight is 297 g/mol. The summed E-state index contributed by atoms with van der Waals surface area (Å²) < 4.78 is 50.6. The predicted molar refractivity (Wildman–Crippen MR) is 72.8 cm³/mol. The number of hydrogen-bond donors (Lipinski definition) is 1. The normalized spacial score (nSPS) is 11.6. The Morgan fingerprint density at radius 2 is 1.65 bits per heavy atom. The Bertz CT molecular complexity index is 738. The van der Waals surface area contributed by atoms with Crippen LogP contribution in [0.15, 0.2) is 41.3 Å². The maximum atomic E-state index is 13.1. The van der Waals surface area contributed by atoms with Crippen LogP contribution < -0.4 is 5.73 Å². The highest BCUT2D eigenvalue weighted by Gasteiger charge is 2.19. The van der Waals surface area contributed by atoms with Crippen LogP contribution >= 0.6 is 0 Å². The van der Waals surface area contributed by atoms with Crippen LogP contribution in [0.25, 0.3) is 0 Å². The minimum atomic E-state index is -3.75. The second kappa shape index (κ2) is 5.20. The smallest absolute Gasteiger partial charge is 0.184 e. The van der Waals surface area contributed by atoms with Gasteiger partial charge < -0.3 is 5.73 Å². The standard InChI is InChI=1S/C14H13F2NO2S/c1-9-2-3-14(13(17)4-9)20(18,19)8-10-5-11(15)7-12(16)6-10/h2-7H,8,17H2,1H3. The van der Waals surface area contributed by atoms with E-state index in [4.69, 9.17) is 5.73 Å². The van der Waals surface area contributed by atoms with Crippen molar-refractivity contribution >= 4 is 15.5 Å². The van der Waals surface area contributed by atoms with E-state index in [2.05, 4.69) is 0 Å². The summed E-state index contributed by atoms with van der Waals surface area (Å²) in [5.74, 6) is -2.13. The number of nitrogen functional groups attached to an aromatic ring is 1. The molecule has 0 aliphatic rings. The Balaban J connectivity index is 2.40. The Hall–Kier alpha value is -1.95. The molecule has 0 spiro atoms. The van der Waals surface area contributed by atoms with Crippen molar-refractivity contribution in [2.24, 2.45) is 0 Å². The van der Waals surface area contributed by atoms with Gasteiger partial charge >= 0.3 is 0 Å². The maximum absolute atomic E-state index is 13.1. The van der Waals surface area contributed by atoms with E-state index in [1.165, 1.54) is 6.07 Å². The summed E-state index contributed by atoms with van der Waals surface area (Å²) in [6.07, 6.45) is 0. The molecule has 2 rings (SSSR count). The van der Waals surface area contributed by atoms with Crippen LogP contribution in [-0.4, -0.2) is 8.42 Å². The molecule has 0 unspecified atom stereocenters. The lowest BCUT2D eigenvalue weighted by atomic mass is 10.2. The van der Waals surface area contributed by atoms with Gasteiger partial charge in [-0.3, -0.25) is 0 Å². The van der Waals surface area contributed by atoms with Gasteiger partial charge in [0.1, 0.15) is 11.6 Å². The number of nitrogens with two attached hydrogens (primary N) is 1. The monoisotopic (exact) mass is 297 g/mol. The van der Waals surface area contributed by atoms with E-state index in [0.717, 1.165) is 17.7 Å². The molecule has 20 heavy (non-hydrogen) atoms. The molecule has 0 atom stereocenters. The van der Waals surface area contributed by atoms with Crippen LogP contribution in [0.3, 0.4) is 0 Å². The molecule has 0 aliphatic carbocycles. The summed E-state index contributed by atoms with van der Waals surface area (Å²) >= 11 is 0. The first kappa shape index (κ1) is 14.5. The van der Waals surface area contributed by atoms with Gasteiger partial charge in [0.25, 0.3) is 0 Å². The molecule has 0 heterocycles. The van der Waals surface area contributed by atoms with E-state index in [-0.39, 0.29) is 16.1 Å². The fourth-order valence-electron chi connectivity index (χ4n) is 1.94. The van der Waals surface area contributed by atoms with E-state index >= 15 is 0 Å². The summed E-state index contributed by atoms with van der Waals surface area (Å²) in [5.41, 5.74) is 6.70. The van der Waals surface area contributed by atoms with Crippen molar-refractivity contribution in [2.45, 2.75) is 17.6 Å². The molecule has 0 amide bonds. The lowest BCUT2D eigenvalue weighted by molar-refractivity contribution is 0.579. The van der Waals surface area contributed by atoms with Crippen molar-refractivity contribution in [3.8, 4) is 0 Å². The number of sulfone groups is 1. The van der Waals surface area contributed by atoms with Gasteiger partial charge in [-0.1, -0.05) is 6.07 Å². The Kier molecular flexibility index (Phi) is 3.76. The highest BCUT2D eigenvalue weighted by atomic mass is 32.2. The highest BCUT2D eigenvalue weighted by Crippen LogP contribution is 2.24. The molecule has 0 bridgehead atoms. The van der Waals surface area contributed by atoms with Crippen LogP contribution in [0.4, 0.5) is 14.5 Å². The van der Waals surface area contributed by atoms with Gasteiger partial charge in [-0.15, -0.1) is 0 Å². The predicted octanol–water partition coefficient (Wildman–Crippen LogP) is 2.83. The summed E-state index contributed by atoms with van der Waals surface area (Å²) in [6, 6.07) is 7.23.